The van der Waals surface area contributed by atoms with Crippen molar-refractivity contribution in [1.29, 1.82) is 0 Å². The van der Waals surface area contributed by atoms with E-state index in [1.165, 1.54) is 0 Å². The van der Waals surface area contributed by atoms with E-state index in [0.29, 0.717) is 18.5 Å². The number of rotatable bonds is 4. The fraction of sp³-hybridized carbons (Fsp3) is 0.333. The molecule has 1 atom stereocenters. The molecular formula is C18H18N4O5. The summed E-state index contributed by atoms with van der Waals surface area (Å²) in [7, 11) is 0. The standard InChI is InChI=1S/C18H18N4O5/c1-10-16(23)20-22(27-10)18(25)12-7-13(8-12)19-17(24)15-9-14(21-26-15)11-5-3-2-4-6-11/h2-6,9-10,12-13H,7-8H2,1H3,(H,19,24)(H,20,23)/t10-,12-,13-/m1/s1. The van der Waals surface area contributed by atoms with Gasteiger partial charge in [-0.25, -0.2) is 10.3 Å². The van der Waals surface area contributed by atoms with E-state index in [2.05, 4.69) is 15.9 Å². The second-order valence-electron chi connectivity index (χ2n) is 6.64. The van der Waals surface area contributed by atoms with Gasteiger partial charge >= 0.3 is 0 Å². The molecule has 0 bridgehead atoms. The summed E-state index contributed by atoms with van der Waals surface area (Å²) in [6.07, 6.45) is 0.248. The van der Waals surface area contributed by atoms with Crippen molar-refractivity contribution in [3.05, 3.63) is 42.2 Å². The zero-order valence-electron chi connectivity index (χ0n) is 14.5. The summed E-state index contributed by atoms with van der Waals surface area (Å²) < 4.78 is 5.12. The Morgan fingerprint density at radius 3 is 2.67 bits per heavy atom. The zero-order valence-corrected chi connectivity index (χ0v) is 14.5. The molecule has 2 aliphatic rings. The summed E-state index contributed by atoms with van der Waals surface area (Å²) in [6, 6.07) is 10.8. The molecule has 3 amide bonds. The van der Waals surface area contributed by atoms with Crippen LogP contribution in [-0.4, -0.2) is 40.2 Å². The van der Waals surface area contributed by atoms with Crippen LogP contribution in [0.5, 0.6) is 0 Å². The molecule has 0 spiro atoms. The average Bonchev–Trinajstić information content (AvgIpc) is 3.25. The van der Waals surface area contributed by atoms with Gasteiger partial charge in [-0.3, -0.25) is 14.4 Å². The predicted octanol–water partition coefficient (Wildman–Crippen LogP) is 1.04. The quantitative estimate of drug-likeness (QED) is 0.831. The van der Waals surface area contributed by atoms with Gasteiger partial charge in [0.1, 0.15) is 5.69 Å². The smallest absolute Gasteiger partial charge is 0.290 e. The van der Waals surface area contributed by atoms with Crippen LogP contribution in [-0.2, 0) is 14.4 Å². The molecule has 2 aromatic rings. The fourth-order valence-corrected chi connectivity index (χ4v) is 3.02. The Morgan fingerprint density at radius 2 is 2.00 bits per heavy atom. The zero-order chi connectivity index (χ0) is 19.0. The summed E-state index contributed by atoms with van der Waals surface area (Å²) in [5.74, 6) is -1.24. The minimum Gasteiger partial charge on any atom is -0.350 e. The molecule has 0 unspecified atom stereocenters. The Morgan fingerprint density at radius 1 is 1.26 bits per heavy atom. The second kappa shape index (κ2) is 6.84. The van der Waals surface area contributed by atoms with Crippen LogP contribution in [0.15, 0.2) is 40.9 Å². The molecular weight excluding hydrogens is 352 g/mol. The Hall–Kier alpha value is -3.20. The number of nitrogens with zero attached hydrogens (tertiary/aromatic N) is 2. The molecule has 1 aliphatic heterocycles. The maximum absolute atomic E-state index is 12.3. The van der Waals surface area contributed by atoms with Crippen molar-refractivity contribution in [2.45, 2.75) is 31.9 Å². The molecule has 9 nitrogen and oxygen atoms in total. The number of aromatic nitrogens is 1. The highest BCUT2D eigenvalue weighted by Gasteiger charge is 2.42. The Kier molecular flexibility index (Phi) is 4.36. The van der Waals surface area contributed by atoms with Crippen LogP contribution in [0.1, 0.15) is 30.3 Å². The normalized spacial score (nSPS) is 24.3. The molecule has 2 N–H and O–H groups in total. The third kappa shape index (κ3) is 3.41. The van der Waals surface area contributed by atoms with Crippen molar-refractivity contribution in [2.24, 2.45) is 5.92 Å². The number of amides is 3. The van der Waals surface area contributed by atoms with E-state index in [-0.39, 0.29) is 35.4 Å². The number of hydrogen-bond acceptors (Lipinski definition) is 6. The Labute approximate surface area is 154 Å². The van der Waals surface area contributed by atoms with Gasteiger partial charge in [0, 0.05) is 23.6 Å². The number of nitrogens with one attached hydrogen (secondary N) is 2. The minimum absolute atomic E-state index is 0.118. The van der Waals surface area contributed by atoms with E-state index in [1.807, 2.05) is 30.3 Å². The van der Waals surface area contributed by atoms with Crippen molar-refractivity contribution in [2.75, 3.05) is 0 Å². The topological polar surface area (TPSA) is 114 Å². The highest BCUT2D eigenvalue weighted by atomic mass is 16.7. The summed E-state index contributed by atoms with van der Waals surface area (Å²) >= 11 is 0. The van der Waals surface area contributed by atoms with E-state index in [9.17, 15) is 14.4 Å². The lowest BCUT2D eigenvalue weighted by molar-refractivity contribution is -0.197. The minimum atomic E-state index is -0.685. The molecule has 1 saturated carbocycles. The van der Waals surface area contributed by atoms with Gasteiger partial charge in [-0.15, -0.1) is 5.17 Å². The van der Waals surface area contributed by atoms with Gasteiger partial charge in [0.15, 0.2) is 6.10 Å². The fourth-order valence-electron chi connectivity index (χ4n) is 3.02. The molecule has 2 fully saturated rings. The first-order valence-corrected chi connectivity index (χ1v) is 8.65. The van der Waals surface area contributed by atoms with E-state index in [4.69, 9.17) is 9.36 Å². The van der Waals surface area contributed by atoms with Crippen molar-refractivity contribution in [3.8, 4) is 11.3 Å². The van der Waals surface area contributed by atoms with Crippen LogP contribution in [0.4, 0.5) is 0 Å². The lowest BCUT2D eigenvalue weighted by Crippen LogP contribution is -2.51. The van der Waals surface area contributed by atoms with Gasteiger partial charge < -0.3 is 9.84 Å². The van der Waals surface area contributed by atoms with Crippen LogP contribution >= 0.6 is 0 Å². The second-order valence-corrected chi connectivity index (χ2v) is 6.64. The Balaban J connectivity index is 1.29. The summed E-state index contributed by atoms with van der Waals surface area (Å²) in [5.41, 5.74) is 3.80. The first-order valence-electron chi connectivity index (χ1n) is 8.65. The molecule has 4 rings (SSSR count). The summed E-state index contributed by atoms with van der Waals surface area (Å²) in [5, 5.41) is 7.62. The molecule has 1 aromatic heterocycles. The van der Waals surface area contributed by atoms with Crippen LogP contribution in [0, 0.1) is 5.92 Å². The lowest BCUT2D eigenvalue weighted by atomic mass is 9.79. The summed E-state index contributed by atoms with van der Waals surface area (Å²) in [4.78, 5) is 41.0. The maximum atomic E-state index is 12.3. The SMILES string of the molecule is C[C@H]1ON(C(=O)[C@H]2C[C@H](NC(=O)c3cc(-c4ccccc4)no3)C2)NC1=O. The Bertz CT molecular complexity index is 875. The predicted molar refractivity (Wildman–Crippen MR) is 91.5 cm³/mol. The number of hydrogen-bond donors (Lipinski definition) is 2. The van der Waals surface area contributed by atoms with Crippen LogP contribution in [0.2, 0.25) is 0 Å². The molecule has 2 heterocycles. The largest absolute Gasteiger partial charge is 0.350 e. The number of carbonyl (C=O) groups is 3. The first-order chi connectivity index (χ1) is 13.0. The van der Waals surface area contributed by atoms with E-state index in [0.717, 1.165) is 10.7 Å². The van der Waals surface area contributed by atoms with Gasteiger partial charge in [-0.05, 0) is 19.8 Å². The molecule has 9 heteroatoms. The van der Waals surface area contributed by atoms with Crippen LogP contribution < -0.4 is 10.7 Å². The van der Waals surface area contributed by atoms with Crippen molar-refractivity contribution in [1.82, 2.24) is 21.1 Å². The van der Waals surface area contributed by atoms with Gasteiger partial charge in [0.05, 0.1) is 0 Å². The maximum Gasteiger partial charge on any atom is 0.290 e. The van der Waals surface area contributed by atoms with E-state index >= 15 is 0 Å². The van der Waals surface area contributed by atoms with Crippen molar-refractivity contribution >= 4 is 17.7 Å². The molecule has 1 aliphatic carbocycles. The highest BCUT2D eigenvalue weighted by Crippen LogP contribution is 2.30. The number of hydrazine groups is 1. The van der Waals surface area contributed by atoms with Gasteiger partial charge in [-0.1, -0.05) is 35.5 Å². The monoisotopic (exact) mass is 370 g/mol. The van der Waals surface area contributed by atoms with Gasteiger partial charge in [0.25, 0.3) is 17.7 Å². The summed E-state index contributed by atoms with van der Waals surface area (Å²) in [6.45, 7) is 1.56. The lowest BCUT2D eigenvalue weighted by Gasteiger charge is -2.35. The first kappa shape index (κ1) is 17.2. The van der Waals surface area contributed by atoms with E-state index < -0.39 is 6.10 Å². The highest BCUT2D eigenvalue weighted by molar-refractivity contribution is 5.93. The molecule has 0 radical (unpaired) electrons. The molecule has 1 aromatic carbocycles. The third-order valence-electron chi connectivity index (χ3n) is 4.67. The van der Waals surface area contributed by atoms with Crippen LogP contribution in [0.25, 0.3) is 11.3 Å². The van der Waals surface area contributed by atoms with Crippen molar-refractivity contribution < 1.29 is 23.7 Å². The molecule has 27 heavy (non-hydrogen) atoms. The molecule has 1 saturated heterocycles. The number of hydroxylamine groups is 1. The molecule has 140 valence electrons. The number of benzene rings is 1. The van der Waals surface area contributed by atoms with Crippen LogP contribution in [0.3, 0.4) is 0 Å². The van der Waals surface area contributed by atoms with E-state index in [1.54, 1.807) is 13.0 Å². The third-order valence-corrected chi connectivity index (χ3v) is 4.67. The number of carbonyl (C=O) groups excluding carboxylic acids is 3. The van der Waals surface area contributed by atoms with Gasteiger partial charge in [-0.2, -0.15) is 0 Å². The average molecular weight is 370 g/mol. The van der Waals surface area contributed by atoms with Crippen molar-refractivity contribution in [3.63, 3.8) is 0 Å². The van der Waals surface area contributed by atoms with Gasteiger partial charge in [0.2, 0.25) is 5.76 Å².